The Bertz CT molecular complexity index is 457. The van der Waals surface area contributed by atoms with Crippen molar-refractivity contribution in [2.24, 2.45) is 0 Å². The van der Waals surface area contributed by atoms with E-state index in [-0.39, 0.29) is 11.6 Å². The highest BCUT2D eigenvalue weighted by Crippen LogP contribution is 2.23. The fourth-order valence-corrected chi connectivity index (χ4v) is 1.76. The summed E-state index contributed by atoms with van der Waals surface area (Å²) in [6, 6.07) is 4.80. The van der Waals surface area contributed by atoms with Gasteiger partial charge in [0.1, 0.15) is 0 Å². The molecule has 1 saturated heterocycles. The van der Waals surface area contributed by atoms with Gasteiger partial charge in [0, 0.05) is 13.1 Å². The lowest BCUT2D eigenvalue weighted by Crippen LogP contribution is -2.29. The van der Waals surface area contributed by atoms with Crippen LogP contribution in [0.2, 0.25) is 0 Å². The van der Waals surface area contributed by atoms with Crippen LogP contribution in [-0.4, -0.2) is 30.2 Å². The summed E-state index contributed by atoms with van der Waals surface area (Å²) in [6.07, 6.45) is 0. The second-order valence-electron chi connectivity index (χ2n) is 3.71. The molecule has 1 aliphatic heterocycles. The van der Waals surface area contributed by atoms with Gasteiger partial charge in [-0.05, 0) is 19.1 Å². The van der Waals surface area contributed by atoms with Gasteiger partial charge < -0.3 is 10.4 Å². The number of urea groups is 1. The third kappa shape index (κ3) is 1.71. The molecule has 0 unspecified atom stereocenters. The third-order valence-electron chi connectivity index (χ3n) is 2.53. The normalized spacial score (nSPS) is 15.1. The number of rotatable bonds is 2. The number of carbonyl (C=O) groups excluding carboxylic acids is 1. The SMILES string of the molecule is Cc1ccc(N2CCNC2=O)c(C(=O)O)c1. The number of anilines is 1. The molecule has 0 aromatic heterocycles. The number of nitrogens with one attached hydrogen (secondary N) is 1. The van der Waals surface area contributed by atoms with E-state index in [2.05, 4.69) is 5.32 Å². The number of nitrogens with zero attached hydrogens (tertiary/aromatic N) is 1. The zero-order valence-electron chi connectivity index (χ0n) is 8.86. The van der Waals surface area contributed by atoms with Crippen LogP contribution in [0.15, 0.2) is 18.2 Å². The first-order valence-corrected chi connectivity index (χ1v) is 4.99. The molecular formula is C11H12N2O3. The molecule has 0 radical (unpaired) electrons. The minimum absolute atomic E-state index is 0.164. The average Bonchev–Trinajstić information content (AvgIpc) is 2.64. The molecule has 5 heteroatoms. The lowest BCUT2D eigenvalue weighted by Gasteiger charge is -2.17. The predicted molar refractivity (Wildman–Crippen MR) is 58.9 cm³/mol. The highest BCUT2D eigenvalue weighted by Gasteiger charge is 2.25. The van der Waals surface area contributed by atoms with Gasteiger partial charge in [0.15, 0.2) is 0 Å². The molecular weight excluding hydrogens is 208 g/mol. The lowest BCUT2D eigenvalue weighted by molar-refractivity contribution is 0.0697. The van der Waals surface area contributed by atoms with Crippen molar-refractivity contribution in [3.05, 3.63) is 29.3 Å². The molecule has 2 amide bonds. The van der Waals surface area contributed by atoms with Gasteiger partial charge >= 0.3 is 12.0 Å². The molecule has 0 spiro atoms. The molecule has 1 aromatic carbocycles. The molecule has 2 rings (SSSR count). The van der Waals surface area contributed by atoms with Crippen LogP contribution in [0.1, 0.15) is 15.9 Å². The first-order chi connectivity index (χ1) is 7.59. The van der Waals surface area contributed by atoms with E-state index < -0.39 is 5.97 Å². The Labute approximate surface area is 92.7 Å². The van der Waals surface area contributed by atoms with E-state index in [9.17, 15) is 9.59 Å². The van der Waals surface area contributed by atoms with Crippen molar-refractivity contribution >= 4 is 17.7 Å². The number of benzene rings is 1. The van der Waals surface area contributed by atoms with Crippen molar-refractivity contribution in [3.8, 4) is 0 Å². The zero-order valence-corrected chi connectivity index (χ0v) is 8.86. The number of carboxylic acids is 1. The largest absolute Gasteiger partial charge is 0.478 e. The van der Waals surface area contributed by atoms with Crippen molar-refractivity contribution in [3.63, 3.8) is 0 Å². The maximum Gasteiger partial charge on any atom is 0.337 e. The quantitative estimate of drug-likeness (QED) is 0.787. The Hall–Kier alpha value is -2.04. The fourth-order valence-electron chi connectivity index (χ4n) is 1.76. The zero-order chi connectivity index (χ0) is 11.7. The summed E-state index contributed by atoms with van der Waals surface area (Å²) in [7, 11) is 0. The van der Waals surface area contributed by atoms with Gasteiger partial charge in [-0.3, -0.25) is 4.90 Å². The first kappa shape index (κ1) is 10.5. The van der Waals surface area contributed by atoms with Gasteiger partial charge in [-0.2, -0.15) is 0 Å². The maximum atomic E-state index is 11.5. The van der Waals surface area contributed by atoms with Crippen LogP contribution in [0, 0.1) is 6.92 Å². The summed E-state index contributed by atoms with van der Waals surface area (Å²) < 4.78 is 0. The van der Waals surface area contributed by atoms with Gasteiger partial charge in [0.25, 0.3) is 0 Å². The van der Waals surface area contributed by atoms with Crippen LogP contribution in [0.25, 0.3) is 0 Å². The van der Waals surface area contributed by atoms with E-state index in [4.69, 9.17) is 5.11 Å². The van der Waals surface area contributed by atoms with Crippen LogP contribution in [0.3, 0.4) is 0 Å². The van der Waals surface area contributed by atoms with E-state index in [0.29, 0.717) is 18.8 Å². The molecule has 2 N–H and O–H groups in total. The number of hydrogen-bond acceptors (Lipinski definition) is 2. The Morgan fingerprint density at radius 3 is 2.81 bits per heavy atom. The van der Waals surface area contributed by atoms with Gasteiger partial charge in [0.05, 0.1) is 11.3 Å². The van der Waals surface area contributed by atoms with Crippen LogP contribution < -0.4 is 10.2 Å². The summed E-state index contributed by atoms with van der Waals surface area (Å²) in [4.78, 5) is 24.0. The Morgan fingerprint density at radius 2 is 2.25 bits per heavy atom. The minimum atomic E-state index is -1.02. The molecule has 5 nitrogen and oxygen atoms in total. The highest BCUT2D eigenvalue weighted by atomic mass is 16.4. The number of hydrogen-bond donors (Lipinski definition) is 2. The Balaban J connectivity index is 2.47. The highest BCUT2D eigenvalue weighted by molar-refractivity contribution is 6.02. The van der Waals surface area contributed by atoms with Crippen LogP contribution in [-0.2, 0) is 0 Å². The monoisotopic (exact) mass is 220 g/mol. The number of carbonyl (C=O) groups is 2. The Morgan fingerprint density at radius 1 is 1.50 bits per heavy atom. The van der Waals surface area contributed by atoms with E-state index in [0.717, 1.165) is 5.56 Å². The van der Waals surface area contributed by atoms with Crippen LogP contribution in [0.4, 0.5) is 10.5 Å². The molecule has 0 atom stereocenters. The molecule has 1 aromatic rings. The van der Waals surface area contributed by atoms with Gasteiger partial charge in [-0.15, -0.1) is 0 Å². The van der Waals surface area contributed by atoms with Crippen LogP contribution >= 0.6 is 0 Å². The second kappa shape index (κ2) is 3.84. The molecule has 0 aliphatic carbocycles. The number of aryl methyl sites for hydroxylation is 1. The predicted octanol–water partition coefficient (Wildman–Crippen LogP) is 1.22. The number of carboxylic acid groups (broad SMARTS) is 1. The molecule has 1 aliphatic rings. The van der Waals surface area contributed by atoms with Crippen molar-refractivity contribution in [1.29, 1.82) is 0 Å². The maximum absolute atomic E-state index is 11.5. The van der Waals surface area contributed by atoms with Crippen molar-refractivity contribution in [2.45, 2.75) is 6.92 Å². The molecule has 0 saturated carbocycles. The fraction of sp³-hybridized carbons (Fsp3) is 0.273. The summed E-state index contributed by atoms with van der Waals surface area (Å²) in [5, 5.41) is 11.7. The van der Waals surface area contributed by atoms with Crippen LogP contribution in [0.5, 0.6) is 0 Å². The summed E-state index contributed by atoms with van der Waals surface area (Å²) in [5.74, 6) is -1.02. The summed E-state index contributed by atoms with van der Waals surface area (Å²) in [6.45, 7) is 2.87. The number of aromatic carboxylic acids is 1. The van der Waals surface area contributed by atoms with Gasteiger partial charge in [0.2, 0.25) is 0 Å². The first-order valence-electron chi connectivity index (χ1n) is 4.99. The van der Waals surface area contributed by atoms with Crippen molar-refractivity contribution in [1.82, 2.24) is 5.32 Å². The Kier molecular flexibility index (Phi) is 2.52. The molecule has 1 heterocycles. The summed E-state index contributed by atoms with van der Waals surface area (Å²) >= 11 is 0. The second-order valence-corrected chi connectivity index (χ2v) is 3.71. The van der Waals surface area contributed by atoms with E-state index >= 15 is 0 Å². The van der Waals surface area contributed by atoms with Crippen molar-refractivity contribution in [2.75, 3.05) is 18.0 Å². The van der Waals surface area contributed by atoms with Gasteiger partial charge in [-0.25, -0.2) is 9.59 Å². The standard InChI is InChI=1S/C11H12N2O3/c1-7-2-3-9(8(6-7)10(14)15)13-5-4-12-11(13)16/h2-3,6H,4-5H2,1H3,(H,12,16)(H,14,15). The van der Waals surface area contributed by atoms with E-state index in [1.807, 2.05) is 6.92 Å². The smallest absolute Gasteiger partial charge is 0.337 e. The summed E-state index contributed by atoms with van der Waals surface area (Å²) in [5.41, 5.74) is 1.48. The minimum Gasteiger partial charge on any atom is -0.478 e. The van der Waals surface area contributed by atoms with E-state index in [1.165, 1.54) is 4.90 Å². The molecule has 0 bridgehead atoms. The molecule has 84 valence electrons. The topological polar surface area (TPSA) is 69.6 Å². The molecule has 16 heavy (non-hydrogen) atoms. The van der Waals surface area contributed by atoms with Crippen molar-refractivity contribution < 1.29 is 14.7 Å². The lowest BCUT2D eigenvalue weighted by atomic mass is 10.1. The van der Waals surface area contributed by atoms with Gasteiger partial charge in [-0.1, -0.05) is 11.6 Å². The number of amides is 2. The van der Waals surface area contributed by atoms with E-state index in [1.54, 1.807) is 18.2 Å². The molecule has 1 fully saturated rings. The third-order valence-corrected chi connectivity index (χ3v) is 2.53. The average molecular weight is 220 g/mol.